The van der Waals surface area contributed by atoms with Crippen molar-refractivity contribution in [1.82, 2.24) is 9.88 Å². The van der Waals surface area contributed by atoms with Gasteiger partial charge in [-0.3, -0.25) is 19.7 Å². The van der Waals surface area contributed by atoms with Crippen molar-refractivity contribution in [3.8, 4) is 5.75 Å². The second-order valence-electron chi connectivity index (χ2n) is 8.83. The van der Waals surface area contributed by atoms with Gasteiger partial charge in [0.2, 0.25) is 0 Å². The van der Waals surface area contributed by atoms with E-state index < -0.39 is 22.7 Å². The Morgan fingerprint density at radius 2 is 1.89 bits per heavy atom. The second kappa shape index (κ2) is 10.1. The Kier molecular flexibility index (Phi) is 6.73. The van der Waals surface area contributed by atoms with Crippen LogP contribution in [-0.4, -0.2) is 45.3 Å². The van der Waals surface area contributed by atoms with Gasteiger partial charge in [0.25, 0.3) is 17.4 Å². The molecule has 1 aromatic heterocycles. The van der Waals surface area contributed by atoms with Crippen LogP contribution in [0, 0.1) is 10.1 Å². The first-order valence-electron chi connectivity index (χ1n) is 11.7. The highest BCUT2D eigenvalue weighted by molar-refractivity contribution is 9.10. The predicted molar refractivity (Wildman–Crippen MR) is 145 cm³/mol. The van der Waals surface area contributed by atoms with Crippen molar-refractivity contribution in [3.63, 3.8) is 0 Å². The Labute approximate surface area is 225 Å². The standard InChI is InChI=1S/C28H22BrN3O6/c1-38-21-9-10-23-22(14-21)18(15-30-23)11-12-31-25(17-3-2-4-19(29)13-17)24(27(34)28(31)35)26(33)16-5-7-20(8-6-16)32(36)37/h2-10,13-15,25,30,33H,11-12H2,1H3/t25-/m1/s1. The number of hydrogen-bond donors (Lipinski definition) is 2. The van der Waals surface area contributed by atoms with E-state index in [-0.39, 0.29) is 29.1 Å². The van der Waals surface area contributed by atoms with E-state index in [0.717, 1.165) is 20.9 Å². The van der Waals surface area contributed by atoms with Crippen LogP contribution in [-0.2, 0) is 16.0 Å². The molecule has 1 aliphatic heterocycles. The van der Waals surface area contributed by atoms with E-state index in [1.54, 1.807) is 25.3 Å². The lowest BCUT2D eigenvalue weighted by molar-refractivity contribution is -0.384. The molecule has 2 heterocycles. The van der Waals surface area contributed by atoms with Crippen LogP contribution in [0.2, 0.25) is 0 Å². The molecule has 192 valence electrons. The monoisotopic (exact) mass is 575 g/mol. The van der Waals surface area contributed by atoms with Gasteiger partial charge in [0.15, 0.2) is 0 Å². The summed E-state index contributed by atoms with van der Waals surface area (Å²) in [5.74, 6) is -1.22. The van der Waals surface area contributed by atoms with Crippen molar-refractivity contribution in [2.45, 2.75) is 12.5 Å². The fraction of sp³-hybridized carbons (Fsp3) is 0.143. The molecule has 0 saturated carbocycles. The fourth-order valence-electron chi connectivity index (χ4n) is 4.76. The molecule has 4 aromatic rings. The Morgan fingerprint density at radius 1 is 1.13 bits per heavy atom. The Morgan fingerprint density at radius 3 is 2.58 bits per heavy atom. The molecule has 5 rings (SSSR count). The minimum Gasteiger partial charge on any atom is -0.507 e. The lowest BCUT2D eigenvalue weighted by Gasteiger charge is -2.25. The van der Waals surface area contributed by atoms with E-state index >= 15 is 0 Å². The van der Waals surface area contributed by atoms with E-state index in [1.165, 1.54) is 29.2 Å². The number of fused-ring (bicyclic) bond motifs is 1. The third-order valence-electron chi connectivity index (χ3n) is 6.65. The summed E-state index contributed by atoms with van der Waals surface area (Å²) in [5.41, 5.74) is 2.50. The largest absolute Gasteiger partial charge is 0.507 e. The van der Waals surface area contributed by atoms with Gasteiger partial charge in [0, 0.05) is 45.8 Å². The number of nitro groups is 1. The number of methoxy groups -OCH3 is 1. The maximum absolute atomic E-state index is 13.3. The summed E-state index contributed by atoms with van der Waals surface area (Å²) in [5, 5.41) is 23.2. The summed E-state index contributed by atoms with van der Waals surface area (Å²) in [6, 6.07) is 17.2. The second-order valence-corrected chi connectivity index (χ2v) is 9.74. The Hall–Kier alpha value is -4.44. The number of halogens is 1. The molecule has 1 atom stereocenters. The van der Waals surface area contributed by atoms with Crippen LogP contribution >= 0.6 is 15.9 Å². The van der Waals surface area contributed by atoms with Crippen LogP contribution in [0.1, 0.15) is 22.7 Å². The molecular formula is C28H22BrN3O6. The predicted octanol–water partition coefficient (Wildman–Crippen LogP) is 5.51. The molecule has 1 saturated heterocycles. The van der Waals surface area contributed by atoms with Crippen molar-refractivity contribution in [2.75, 3.05) is 13.7 Å². The SMILES string of the molecule is COc1ccc2[nH]cc(CCN3C(=O)C(=O)C(=C(O)c4ccc([N+](=O)[O-])cc4)[C@H]3c3cccc(Br)c3)c2c1. The third-order valence-corrected chi connectivity index (χ3v) is 7.15. The number of ether oxygens (including phenoxy) is 1. The number of ketones is 1. The van der Waals surface area contributed by atoms with Crippen molar-refractivity contribution >= 4 is 50.0 Å². The summed E-state index contributed by atoms with van der Waals surface area (Å²) < 4.78 is 6.10. The summed E-state index contributed by atoms with van der Waals surface area (Å²) >= 11 is 3.45. The molecule has 38 heavy (non-hydrogen) atoms. The molecule has 0 bridgehead atoms. The number of aliphatic hydroxyl groups excluding tert-OH is 1. The van der Waals surface area contributed by atoms with Crippen LogP contribution in [0.5, 0.6) is 5.75 Å². The van der Waals surface area contributed by atoms with Gasteiger partial charge in [-0.15, -0.1) is 0 Å². The van der Waals surface area contributed by atoms with Crippen LogP contribution in [0.25, 0.3) is 16.7 Å². The topological polar surface area (TPSA) is 126 Å². The number of carbonyl (C=O) groups is 2. The van der Waals surface area contributed by atoms with E-state index in [0.29, 0.717) is 17.7 Å². The molecule has 2 N–H and O–H groups in total. The van der Waals surface area contributed by atoms with Crippen LogP contribution in [0.15, 0.2) is 83.0 Å². The van der Waals surface area contributed by atoms with Gasteiger partial charge < -0.3 is 19.7 Å². The number of rotatable bonds is 7. The summed E-state index contributed by atoms with van der Waals surface area (Å²) in [6.45, 7) is 0.211. The zero-order valence-electron chi connectivity index (χ0n) is 20.2. The Bertz CT molecular complexity index is 1610. The van der Waals surface area contributed by atoms with E-state index in [9.17, 15) is 24.8 Å². The quantitative estimate of drug-likeness (QED) is 0.0983. The molecule has 0 spiro atoms. The first-order valence-corrected chi connectivity index (χ1v) is 12.5. The smallest absolute Gasteiger partial charge is 0.295 e. The summed E-state index contributed by atoms with van der Waals surface area (Å²) in [6.07, 6.45) is 2.31. The van der Waals surface area contributed by atoms with Crippen molar-refractivity contribution in [1.29, 1.82) is 0 Å². The highest BCUT2D eigenvalue weighted by Crippen LogP contribution is 2.40. The van der Waals surface area contributed by atoms with Gasteiger partial charge in [-0.2, -0.15) is 0 Å². The van der Waals surface area contributed by atoms with Gasteiger partial charge >= 0.3 is 0 Å². The number of likely N-dealkylation sites (tertiary alicyclic amines) is 1. The number of nitrogens with zero attached hydrogens (tertiary/aromatic N) is 2. The Balaban J connectivity index is 1.55. The first kappa shape index (κ1) is 25.2. The maximum Gasteiger partial charge on any atom is 0.295 e. The lowest BCUT2D eigenvalue weighted by Crippen LogP contribution is -2.31. The van der Waals surface area contributed by atoms with Crippen LogP contribution in [0.4, 0.5) is 5.69 Å². The van der Waals surface area contributed by atoms with Crippen molar-refractivity contribution in [3.05, 3.63) is 110 Å². The molecule has 0 unspecified atom stereocenters. The zero-order chi connectivity index (χ0) is 27.0. The van der Waals surface area contributed by atoms with Gasteiger partial charge in [0.1, 0.15) is 11.5 Å². The number of benzene rings is 3. The van der Waals surface area contributed by atoms with Crippen molar-refractivity contribution in [2.24, 2.45) is 0 Å². The van der Waals surface area contributed by atoms with Gasteiger partial charge in [-0.25, -0.2) is 0 Å². The highest BCUT2D eigenvalue weighted by atomic mass is 79.9. The van der Waals surface area contributed by atoms with Crippen molar-refractivity contribution < 1.29 is 24.4 Å². The van der Waals surface area contributed by atoms with E-state index in [4.69, 9.17) is 4.74 Å². The molecule has 1 fully saturated rings. The minimum absolute atomic E-state index is 0.0671. The molecule has 10 heteroatoms. The lowest BCUT2D eigenvalue weighted by atomic mass is 9.95. The highest BCUT2D eigenvalue weighted by Gasteiger charge is 2.46. The number of nitrogens with one attached hydrogen (secondary N) is 1. The van der Waals surface area contributed by atoms with E-state index in [2.05, 4.69) is 20.9 Å². The van der Waals surface area contributed by atoms with Gasteiger partial charge in [-0.05, 0) is 60.0 Å². The molecule has 0 aliphatic carbocycles. The summed E-state index contributed by atoms with van der Waals surface area (Å²) in [4.78, 5) is 41.7. The van der Waals surface area contributed by atoms with E-state index in [1.807, 2.05) is 30.5 Å². The molecule has 0 radical (unpaired) electrons. The number of carbonyl (C=O) groups excluding carboxylic acids is 2. The fourth-order valence-corrected chi connectivity index (χ4v) is 5.18. The zero-order valence-corrected chi connectivity index (χ0v) is 21.8. The third kappa shape index (κ3) is 4.54. The summed E-state index contributed by atoms with van der Waals surface area (Å²) in [7, 11) is 1.59. The average Bonchev–Trinajstić information content (AvgIpc) is 3.44. The number of nitro benzene ring substituents is 1. The number of hydrogen-bond acceptors (Lipinski definition) is 6. The first-order chi connectivity index (χ1) is 18.3. The number of aliphatic hydroxyl groups is 1. The average molecular weight is 576 g/mol. The number of aromatic amines is 1. The molecule has 1 amide bonds. The van der Waals surface area contributed by atoms with Gasteiger partial charge in [0.05, 0.1) is 23.6 Å². The number of H-pyrrole nitrogens is 1. The van der Waals surface area contributed by atoms with Crippen LogP contribution < -0.4 is 4.74 Å². The minimum atomic E-state index is -0.845. The molecular weight excluding hydrogens is 554 g/mol. The number of aromatic nitrogens is 1. The normalized spacial score (nSPS) is 16.8. The number of Topliss-reactive ketones (excluding diaryl/α,β-unsaturated/α-hetero) is 1. The van der Waals surface area contributed by atoms with Crippen LogP contribution in [0.3, 0.4) is 0 Å². The maximum atomic E-state index is 13.3. The number of non-ortho nitro benzene ring substituents is 1. The van der Waals surface area contributed by atoms with Gasteiger partial charge in [-0.1, -0.05) is 28.1 Å². The number of amides is 1. The molecule has 3 aromatic carbocycles. The molecule has 1 aliphatic rings. The molecule has 9 nitrogen and oxygen atoms in total.